The number of rotatable bonds is 13. The van der Waals surface area contributed by atoms with E-state index in [4.69, 9.17) is 31.2 Å². The fourth-order valence-electron chi connectivity index (χ4n) is 6.00. The number of esters is 3. The Bertz CT molecular complexity index is 2110. The Morgan fingerprint density at radius 3 is 1.76 bits per heavy atom. The maximum absolute atomic E-state index is 13.7. The van der Waals surface area contributed by atoms with E-state index < -0.39 is 74.0 Å². The Morgan fingerprint density at radius 2 is 1.24 bits per heavy atom. The van der Waals surface area contributed by atoms with Crippen LogP contribution in [0.15, 0.2) is 121 Å². The monoisotopic (exact) mass is 754 g/mol. The van der Waals surface area contributed by atoms with E-state index in [1.54, 1.807) is 78.9 Å². The van der Waals surface area contributed by atoms with Gasteiger partial charge in [-0.1, -0.05) is 72.3 Å². The fourth-order valence-corrected chi connectivity index (χ4v) is 6.37. The molecule has 0 aliphatic carbocycles. The summed E-state index contributed by atoms with van der Waals surface area (Å²) in [5, 5.41) is 42.4. The van der Waals surface area contributed by atoms with Crippen molar-refractivity contribution in [2.24, 2.45) is 0 Å². The van der Waals surface area contributed by atoms with Crippen molar-refractivity contribution >= 4 is 30.1 Å². The van der Waals surface area contributed by atoms with E-state index >= 15 is 0 Å². The van der Waals surface area contributed by atoms with Crippen LogP contribution in [0.25, 0.3) is 5.69 Å². The standard InChI is InChI=1S/C40H38N2O11S/c1-24-17-19-28(20-18-24)41-21-29(32(45)33(46)30(44)22-43)42(40(41)54)36-35(53-39(49)27-15-9-4-10-16-27)34(52-38(48)26-13-7-3-8-14-26)31(51-36)23-50-37(47)25-11-5-2-6-12-25/h2-21,30-36,43-46H,22-23H2,1H3/t30-,31-,32-,33-,34+,35-,36-/m1/s1. The Morgan fingerprint density at radius 1 is 0.741 bits per heavy atom. The van der Waals surface area contributed by atoms with E-state index in [1.165, 1.54) is 39.6 Å². The number of hydrogen-bond acceptors (Lipinski definition) is 12. The van der Waals surface area contributed by atoms with E-state index in [0.29, 0.717) is 5.69 Å². The first kappa shape index (κ1) is 38.3. The number of aliphatic hydroxyl groups is 4. The summed E-state index contributed by atoms with van der Waals surface area (Å²) in [5.41, 5.74) is 1.97. The Labute approximate surface area is 315 Å². The molecule has 13 nitrogen and oxygen atoms in total. The zero-order chi connectivity index (χ0) is 38.4. The summed E-state index contributed by atoms with van der Waals surface area (Å²) in [6.45, 7) is 0.545. The summed E-state index contributed by atoms with van der Waals surface area (Å²) in [6, 6.07) is 31.5. The largest absolute Gasteiger partial charge is 0.459 e. The fraction of sp³-hybridized carbons (Fsp3) is 0.250. The van der Waals surface area contributed by atoms with Crippen molar-refractivity contribution in [1.29, 1.82) is 0 Å². The van der Waals surface area contributed by atoms with Crippen molar-refractivity contribution in [2.75, 3.05) is 13.2 Å². The normalized spacial score (nSPS) is 19.7. The molecule has 280 valence electrons. The summed E-state index contributed by atoms with van der Waals surface area (Å²) in [5.74, 6) is -2.32. The van der Waals surface area contributed by atoms with Gasteiger partial charge >= 0.3 is 17.9 Å². The van der Waals surface area contributed by atoms with Gasteiger partial charge in [0.1, 0.15) is 31.0 Å². The van der Waals surface area contributed by atoms with Crippen molar-refractivity contribution in [3.8, 4) is 5.69 Å². The van der Waals surface area contributed by atoms with E-state index in [0.717, 1.165) is 5.56 Å². The zero-order valence-corrected chi connectivity index (χ0v) is 29.8. The summed E-state index contributed by atoms with van der Waals surface area (Å²) in [7, 11) is 0. The molecule has 14 heteroatoms. The van der Waals surface area contributed by atoms with Gasteiger partial charge in [0, 0.05) is 11.9 Å². The summed E-state index contributed by atoms with van der Waals surface area (Å²) < 4.78 is 27.0. The number of aromatic nitrogens is 2. The van der Waals surface area contributed by atoms with Crippen molar-refractivity contribution in [3.05, 3.63) is 154 Å². The highest BCUT2D eigenvalue weighted by atomic mass is 32.1. The molecule has 54 heavy (non-hydrogen) atoms. The third-order valence-corrected chi connectivity index (χ3v) is 9.30. The highest BCUT2D eigenvalue weighted by Crippen LogP contribution is 2.39. The minimum absolute atomic E-state index is 0.0144. The van der Waals surface area contributed by atoms with Crippen LogP contribution >= 0.6 is 12.2 Å². The lowest BCUT2D eigenvalue weighted by Crippen LogP contribution is -2.42. The molecule has 4 aromatic carbocycles. The van der Waals surface area contributed by atoms with Crippen LogP contribution in [0.4, 0.5) is 0 Å². The summed E-state index contributed by atoms with van der Waals surface area (Å²) >= 11 is 5.94. The molecule has 1 aliphatic heterocycles. The van der Waals surface area contributed by atoms with Gasteiger partial charge in [-0.3, -0.25) is 9.13 Å². The number of carbonyl (C=O) groups is 3. The van der Waals surface area contributed by atoms with Gasteiger partial charge in [-0.05, 0) is 67.7 Å². The van der Waals surface area contributed by atoms with Crippen molar-refractivity contribution in [2.45, 2.75) is 49.8 Å². The Hall–Kier alpha value is -5.48. The molecule has 6 rings (SSSR count). The maximum atomic E-state index is 13.7. The molecule has 4 N–H and O–H groups in total. The Balaban J connectivity index is 1.48. The molecule has 5 aromatic rings. The molecule has 0 bridgehead atoms. The highest BCUT2D eigenvalue weighted by Gasteiger charge is 2.52. The number of nitrogens with zero attached hydrogens (tertiary/aromatic N) is 2. The minimum atomic E-state index is -1.91. The van der Waals surface area contributed by atoms with Crippen molar-refractivity contribution in [3.63, 3.8) is 0 Å². The molecular formula is C40H38N2O11S. The van der Waals surface area contributed by atoms with Crippen LogP contribution in [0, 0.1) is 11.7 Å². The third-order valence-electron chi connectivity index (χ3n) is 8.91. The first-order valence-corrected chi connectivity index (χ1v) is 17.4. The second-order valence-corrected chi connectivity index (χ2v) is 13.0. The van der Waals surface area contributed by atoms with Gasteiger partial charge in [-0.2, -0.15) is 0 Å². The number of aliphatic hydroxyl groups excluding tert-OH is 4. The number of ether oxygens (including phenoxy) is 4. The smallest absolute Gasteiger partial charge is 0.338 e. The van der Waals surface area contributed by atoms with Gasteiger partial charge in [-0.25, -0.2) is 14.4 Å². The van der Waals surface area contributed by atoms with Crippen LogP contribution in [-0.2, 0) is 18.9 Å². The molecule has 1 aromatic heterocycles. The van der Waals surface area contributed by atoms with Crippen LogP contribution in [0.2, 0.25) is 0 Å². The summed E-state index contributed by atoms with van der Waals surface area (Å²) in [4.78, 5) is 40.5. The van der Waals surface area contributed by atoms with Crippen LogP contribution in [0.5, 0.6) is 0 Å². The molecular weight excluding hydrogens is 717 g/mol. The average Bonchev–Trinajstić information content (AvgIpc) is 3.72. The number of carbonyl (C=O) groups excluding carboxylic acids is 3. The molecule has 1 fully saturated rings. The van der Waals surface area contributed by atoms with Crippen LogP contribution < -0.4 is 0 Å². The van der Waals surface area contributed by atoms with E-state index in [9.17, 15) is 34.8 Å². The first-order chi connectivity index (χ1) is 26.1. The molecule has 1 aliphatic rings. The zero-order valence-electron chi connectivity index (χ0n) is 29.0. The van der Waals surface area contributed by atoms with E-state index in [-0.39, 0.29) is 27.2 Å². The van der Waals surface area contributed by atoms with Crippen LogP contribution in [0.1, 0.15) is 54.7 Å². The lowest BCUT2D eigenvalue weighted by Gasteiger charge is -2.27. The first-order valence-electron chi connectivity index (χ1n) is 17.0. The SMILES string of the molecule is Cc1ccc(-n2cc([C@@H](O)[C@H](O)[C@H](O)CO)n([C@@H]3O[C@H](COC(=O)c4ccccc4)[C@H](OC(=O)c4ccccc4)[C@H]3OC(=O)c3ccccc3)c2=S)cc1. The topological polar surface area (TPSA) is 179 Å². The molecule has 0 saturated carbocycles. The van der Waals surface area contributed by atoms with E-state index in [2.05, 4.69) is 0 Å². The lowest BCUT2D eigenvalue weighted by molar-refractivity contribution is -0.0898. The number of benzene rings is 4. The number of aryl methyl sites for hydroxylation is 1. The Kier molecular flexibility index (Phi) is 12.1. The second-order valence-electron chi connectivity index (χ2n) is 12.6. The summed E-state index contributed by atoms with van der Waals surface area (Å²) in [6.07, 6.45) is -9.82. The van der Waals surface area contributed by atoms with E-state index in [1.807, 2.05) is 19.1 Å². The molecule has 1 saturated heterocycles. The van der Waals surface area contributed by atoms with Crippen LogP contribution in [0.3, 0.4) is 0 Å². The van der Waals surface area contributed by atoms with Gasteiger partial charge in [-0.15, -0.1) is 0 Å². The molecule has 0 amide bonds. The van der Waals surface area contributed by atoms with Crippen LogP contribution in [-0.4, -0.2) is 91.2 Å². The molecule has 0 unspecified atom stereocenters. The maximum Gasteiger partial charge on any atom is 0.338 e. The van der Waals surface area contributed by atoms with Gasteiger partial charge < -0.3 is 39.4 Å². The number of hydrogen-bond donors (Lipinski definition) is 4. The van der Waals surface area contributed by atoms with Crippen molar-refractivity contribution in [1.82, 2.24) is 9.13 Å². The molecule has 0 spiro atoms. The molecule has 2 heterocycles. The molecule has 7 atom stereocenters. The molecule has 0 radical (unpaired) electrons. The number of imidazole rings is 1. The van der Waals surface area contributed by atoms with Gasteiger partial charge in [0.05, 0.1) is 29.0 Å². The lowest BCUT2D eigenvalue weighted by atomic mass is 10.1. The quantitative estimate of drug-likeness (QED) is 0.0764. The highest BCUT2D eigenvalue weighted by molar-refractivity contribution is 7.71. The third kappa shape index (κ3) is 8.34. The predicted molar refractivity (Wildman–Crippen MR) is 195 cm³/mol. The average molecular weight is 755 g/mol. The second kappa shape index (κ2) is 17.1. The van der Waals surface area contributed by atoms with Crippen molar-refractivity contribution < 1.29 is 53.8 Å². The predicted octanol–water partition coefficient (Wildman–Crippen LogP) is 4.27. The minimum Gasteiger partial charge on any atom is -0.459 e. The van der Waals surface area contributed by atoms with Gasteiger partial charge in [0.25, 0.3) is 0 Å². The van der Waals surface area contributed by atoms with Gasteiger partial charge in [0.15, 0.2) is 23.2 Å². The van der Waals surface area contributed by atoms with Gasteiger partial charge in [0.2, 0.25) is 0 Å².